The fourth-order valence-electron chi connectivity index (χ4n) is 3.28. The van der Waals surface area contributed by atoms with Gasteiger partial charge in [-0.25, -0.2) is 10.2 Å². The average molecular weight is 557 g/mol. The lowest BCUT2D eigenvalue weighted by molar-refractivity contribution is 0.0657. The van der Waals surface area contributed by atoms with Gasteiger partial charge in [-0.15, -0.1) is 0 Å². The van der Waals surface area contributed by atoms with E-state index < -0.39 is 11.9 Å². The molecule has 0 atom stereocenters. The molecule has 4 aromatic rings. The summed E-state index contributed by atoms with van der Waals surface area (Å²) >= 11 is 3.40. The van der Waals surface area contributed by atoms with Crippen LogP contribution in [-0.4, -0.2) is 36.9 Å². The van der Waals surface area contributed by atoms with Crippen molar-refractivity contribution >= 4 is 45.0 Å². The monoisotopic (exact) mass is 556 g/mol. The number of ether oxygens (including phenoxy) is 3. The molecule has 0 fully saturated rings. The molecule has 11 heteroatoms. The maximum atomic E-state index is 12.5. The van der Waals surface area contributed by atoms with Crippen molar-refractivity contribution in [3.63, 3.8) is 0 Å². The summed E-state index contributed by atoms with van der Waals surface area (Å²) < 4.78 is 28.3. The van der Waals surface area contributed by atoms with E-state index in [0.29, 0.717) is 46.1 Å². The van der Waals surface area contributed by atoms with Crippen molar-refractivity contribution in [1.29, 1.82) is 0 Å². The predicted molar refractivity (Wildman–Crippen MR) is 133 cm³/mol. The van der Waals surface area contributed by atoms with Crippen molar-refractivity contribution in [3.05, 3.63) is 75.8 Å². The third kappa shape index (κ3) is 5.69. The Balaban J connectivity index is 1.43. The lowest BCUT2D eigenvalue weighted by Gasteiger charge is -2.11. The number of hydrogen-bond acceptors (Lipinski definition) is 8. The second-order valence-electron chi connectivity index (χ2n) is 7.34. The highest BCUT2D eigenvalue weighted by Gasteiger charge is 2.16. The topological polar surface area (TPSA) is 133 Å². The Morgan fingerprint density at radius 3 is 2.58 bits per heavy atom. The van der Waals surface area contributed by atoms with Crippen LogP contribution in [0.1, 0.15) is 39.4 Å². The summed E-state index contributed by atoms with van der Waals surface area (Å²) in [5.74, 6) is -0.00431. The zero-order valence-corrected chi connectivity index (χ0v) is 20.8. The number of nitrogens with zero attached hydrogens (tertiary/aromatic N) is 1. The van der Waals surface area contributed by atoms with Crippen LogP contribution in [-0.2, 0) is 6.61 Å². The summed E-state index contributed by atoms with van der Waals surface area (Å²) in [6.07, 6.45) is 1.45. The number of halogens is 1. The summed E-state index contributed by atoms with van der Waals surface area (Å²) in [6, 6.07) is 13.2. The standard InChI is InChI=1S/C25H21BrN2O8/c1-3-33-20-8-14(4-6-18(20)34-13-17-5-7-19(35-17)25(30)31)12-27-28-24(29)22-10-15-9-16(26)11-21(32-2)23(15)36-22/h4-12H,3,13H2,1-2H3,(H,28,29)(H,30,31). The van der Waals surface area contributed by atoms with Crippen LogP contribution < -0.4 is 19.6 Å². The fraction of sp³-hybridized carbons (Fsp3) is 0.160. The van der Waals surface area contributed by atoms with Gasteiger partial charge in [0, 0.05) is 9.86 Å². The Hall–Kier alpha value is -4.25. The van der Waals surface area contributed by atoms with Gasteiger partial charge in [-0.1, -0.05) is 15.9 Å². The molecule has 0 aliphatic heterocycles. The van der Waals surface area contributed by atoms with Crippen molar-refractivity contribution < 1.29 is 37.7 Å². The van der Waals surface area contributed by atoms with Crippen LogP contribution in [0, 0.1) is 0 Å². The number of carboxylic acids is 1. The number of aromatic carboxylic acids is 1. The number of hydrazone groups is 1. The summed E-state index contributed by atoms with van der Waals surface area (Å²) in [6.45, 7) is 2.25. The Labute approximate surface area is 213 Å². The van der Waals surface area contributed by atoms with Gasteiger partial charge < -0.3 is 28.2 Å². The van der Waals surface area contributed by atoms with Crippen LogP contribution in [0.5, 0.6) is 17.2 Å². The molecule has 186 valence electrons. The van der Waals surface area contributed by atoms with Gasteiger partial charge in [-0.3, -0.25) is 4.79 Å². The predicted octanol–water partition coefficient (Wildman–Crippen LogP) is 5.24. The molecule has 0 bridgehead atoms. The SMILES string of the molecule is CCOc1cc(C=NNC(=O)c2cc3cc(Br)cc(OC)c3o2)ccc1OCc1ccc(C(=O)O)o1. The second kappa shape index (κ2) is 11.0. The van der Waals surface area contributed by atoms with Crippen molar-refractivity contribution in [2.24, 2.45) is 5.10 Å². The highest BCUT2D eigenvalue weighted by molar-refractivity contribution is 9.10. The third-order valence-corrected chi connectivity index (χ3v) is 5.34. The Kier molecular flexibility index (Phi) is 7.59. The Bertz CT molecular complexity index is 1440. The number of carbonyl (C=O) groups excluding carboxylic acids is 1. The summed E-state index contributed by atoms with van der Waals surface area (Å²) in [7, 11) is 1.52. The molecule has 2 heterocycles. The van der Waals surface area contributed by atoms with Gasteiger partial charge in [0.1, 0.15) is 12.4 Å². The van der Waals surface area contributed by atoms with Crippen molar-refractivity contribution in [2.75, 3.05) is 13.7 Å². The molecular formula is C25H21BrN2O8. The number of benzene rings is 2. The van der Waals surface area contributed by atoms with Crippen LogP contribution in [0.4, 0.5) is 0 Å². The molecule has 0 saturated carbocycles. The zero-order chi connectivity index (χ0) is 25.7. The van der Waals surface area contributed by atoms with Crippen LogP contribution >= 0.6 is 15.9 Å². The lowest BCUT2D eigenvalue weighted by Crippen LogP contribution is -2.16. The largest absolute Gasteiger partial charge is 0.493 e. The summed E-state index contributed by atoms with van der Waals surface area (Å²) in [5, 5.41) is 13.7. The molecule has 0 radical (unpaired) electrons. The van der Waals surface area contributed by atoms with Crippen LogP contribution in [0.3, 0.4) is 0 Å². The smallest absolute Gasteiger partial charge is 0.371 e. The number of rotatable bonds is 10. The second-order valence-corrected chi connectivity index (χ2v) is 8.25. The third-order valence-electron chi connectivity index (χ3n) is 4.88. The van der Waals surface area contributed by atoms with E-state index in [1.807, 2.05) is 13.0 Å². The molecule has 36 heavy (non-hydrogen) atoms. The van der Waals surface area contributed by atoms with Crippen LogP contribution in [0.2, 0.25) is 0 Å². The number of carbonyl (C=O) groups is 2. The van der Waals surface area contributed by atoms with Gasteiger partial charge in [-0.05, 0) is 61.0 Å². The lowest BCUT2D eigenvalue weighted by atomic mass is 10.2. The number of amides is 1. The highest BCUT2D eigenvalue weighted by atomic mass is 79.9. The molecule has 2 aromatic carbocycles. The van der Waals surface area contributed by atoms with E-state index in [4.69, 9.17) is 28.2 Å². The average Bonchev–Trinajstić information content (AvgIpc) is 3.50. The van der Waals surface area contributed by atoms with Crippen LogP contribution in [0.15, 0.2) is 66.9 Å². The maximum absolute atomic E-state index is 12.5. The molecule has 0 spiro atoms. The minimum Gasteiger partial charge on any atom is -0.493 e. The van der Waals surface area contributed by atoms with E-state index in [1.54, 1.807) is 30.3 Å². The first-order valence-corrected chi connectivity index (χ1v) is 11.5. The minimum atomic E-state index is -1.15. The molecule has 10 nitrogen and oxygen atoms in total. The first-order chi connectivity index (χ1) is 17.4. The molecule has 0 saturated heterocycles. The molecule has 2 aromatic heterocycles. The Morgan fingerprint density at radius 1 is 1.03 bits per heavy atom. The van der Waals surface area contributed by atoms with Gasteiger partial charge in [0.05, 0.1) is 19.9 Å². The molecule has 4 rings (SSSR count). The van der Waals surface area contributed by atoms with E-state index in [1.165, 1.54) is 25.5 Å². The number of hydrogen-bond donors (Lipinski definition) is 2. The van der Waals surface area contributed by atoms with Crippen molar-refractivity contribution in [1.82, 2.24) is 5.43 Å². The molecular weight excluding hydrogens is 536 g/mol. The van der Waals surface area contributed by atoms with Gasteiger partial charge in [0.15, 0.2) is 28.6 Å². The molecule has 2 N–H and O–H groups in total. The van der Waals surface area contributed by atoms with E-state index in [-0.39, 0.29) is 18.1 Å². The zero-order valence-electron chi connectivity index (χ0n) is 19.2. The van der Waals surface area contributed by atoms with Crippen molar-refractivity contribution in [2.45, 2.75) is 13.5 Å². The fourth-order valence-corrected chi connectivity index (χ4v) is 3.74. The van der Waals surface area contributed by atoms with Gasteiger partial charge in [0.2, 0.25) is 5.76 Å². The molecule has 1 amide bonds. The highest BCUT2D eigenvalue weighted by Crippen LogP contribution is 2.32. The number of furan rings is 2. The first kappa shape index (κ1) is 24.9. The number of nitrogens with one attached hydrogen (secondary N) is 1. The summed E-state index contributed by atoms with van der Waals surface area (Å²) in [4.78, 5) is 23.5. The molecule has 0 aliphatic rings. The van der Waals surface area contributed by atoms with E-state index in [2.05, 4.69) is 26.5 Å². The van der Waals surface area contributed by atoms with Crippen LogP contribution in [0.25, 0.3) is 11.0 Å². The number of carboxylic acid groups (broad SMARTS) is 1. The normalized spacial score (nSPS) is 11.1. The summed E-state index contributed by atoms with van der Waals surface area (Å²) in [5.41, 5.74) is 3.54. The quantitative estimate of drug-likeness (QED) is 0.200. The van der Waals surface area contributed by atoms with Crippen molar-refractivity contribution in [3.8, 4) is 17.2 Å². The van der Waals surface area contributed by atoms with Gasteiger partial charge in [0.25, 0.3) is 0 Å². The van der Waals surface area contributed by atoms with Gasteiger partial charge >= 0.3 is 11.9 Å². The molecule has 0 aliphatic carbocycles. The maximum Gasteiger partial charge on any atom is 0.371 e. The van der Waals surface area contributed by atoms with E-state index >= 15 is 0 Å². The van der Waals surface area contributed by atoms with Gasteiger partial charge in [-0.2, -0.15) is 5.10 Å². The number of fused-ring (bicyclic) bond motifs is 1. The molecule has 0 unspecified atom stereocenters. The Morgan fingerprint density at radius 2 is 1.86 bits per heavy atom. The van der Waals surface area contributed by atoms with E-state index in [0.717, 1.165) is 4.47 Å². The van der Waals surface area contributed by atoms with E-state index in [9.17, 15) is 9.59 Å². The number of methoxy groups -OCH3 is 1. The minimum absolute atomic E-state index is 0.0235. The first-order valence-electron chi connectivity index (χ1n) is 10.7.